The van der Waals surface area contributed by atoms with E-state index >= 15 is 4.39 Å². The second kappa shape index (κ2) is 11.7. The molecule has 1 saturated heterocycles. The van der Waals surface area contributed by atoms with Gasteiger partial charge in [-0.15, -0.1) is 0 Å². The van der Waals surface area contributed by atoms with Gasteiger partial charge in [0.05, 0.1) is 12.2 Å². The Morgan fingerprint density at radius 2 is 1.53 bits per heavy atom. The van der Waals surface area contributed by atoms with Gasteiger partial charge in [0, 0.05) is 23.9 Å². The Bertz CT molecular complexity index is 1290. The van der Waals surface area contributed by atoms with Crippen molar-refractivity contribution in [3.8, 4) is 22.3 Å². The molecule has 1 N–H and O–H groups in total. The van der Waals surface area contributed by atoms with Crippen molar-refractivity contribution in [2.75, 3.05) is 13.1 Å². The molecule has 4 aromatic rings. The first-order valence-electron chi connectivity index (χ1n) is 14.4. The molecule has 2 atom stereocenters. The Balaban J connectivity index is 1.27. The van der Waals surface area contributed by atoms with Gasteiger partial charge in [0.25, 0.3) is 0 Å². The highest BCUT2D eigenvalue weighted by Gasteiger charge is 2.30. The molecule has 0 amide bonds. The lowest BCUT2D eigenvalue weighted by Gasteiger charge is -2.40. The highest BCUT2D eigenvalue weighted by molar-refractivity contribution is 5.71. The van der Waals surface area contributed by atoms with Crippen molar-refractivity contribution in [3.05, 3.63) is 102 Å². The van der Waals surface area contributed by atoms with Crippen molar-refractivity contribution in [1.82, 2.24) is 15.1 Å². The minimum atomic E-state index is -0.180. The quantitative estimate of drug-likeness (QED) is 0.271. The molecule has 2 unspecified atom stereocenters. The predicted molar refractivity (Wildman–Crippen MR) is 153 cm³/mol. The van der Waals surface area contributed by atoms with Crippen LogP contribution >= 0.6 is 0 Å². The monoisotopic (exact) mass is 507 g/mol. The van der Waals surface area contributed by atoms with Crippen LogP contribution in [0, 0.1) is 17.7 Å². The number of piperidine rings is 1. The van der Waals surface area contributed by atoms with Gasteiger partial charge < -0.3 is 0 Å². The number of nitrogens with zero attached hydrogens (tertiary/aromatic N) is 2. The molecule has 2 heterocycles. The van der Waals surface area contributed by atoms with Crippen LogP contribution in [0.15, 0.2) is 85.2 Å². The second-order valence-corrected chi connectivity index (χ2v) is 11.4. The lowest BCUT2D eigenvalue weighted by atomic mass is 9.80. The van der Waals surface area contributed by atoms with Crippen LogP contribution in [0.25, 0.3) is 22.3 Å². The maximum absolute atomic E-state index is 15.2. The molecule has 196 valence electrons. The minimum absolute atomic E-state index is 0.0749. The summed E-state index contributed by atoms with van der Waals surface area (Å²) in [6, 6.07) is 24.3. The van der Waals surface area contributed by atoms with Crippen LogP contribution in [0.1, 0.15) is 68.5 Å². The van der Waals surface area contributed by atoms with Crippen LogP contribution in [0.2, 0.25) is 0 Å². The van der Waals surface area contributed by atoms with Crippen molar-refractivity contribution in [2.24, 2.45) is 11.8 Å². The summed E-state index contributed by atoms with van der Waals surface area (Å²) in [5.74, 6) is 1.46. The average molecular weight is 508 g/mol. The summed E-state index contributed by atoms with van der Waals surface area (Å²) in [6.45, 7) is 2.17. The third-order valence-corrected chi connectivity index (χ3v) is 8.75. The van der Waals surface area contributed by atoms with E-state index in [1.807, 2.05) is 48.8 Å². The van der Waals surface area contributed by atoms with Gasteiger partial charge in [0.15, 0.2) is 0 Å². The standard InChI is InChI=1S/C34H38FN3/c35-33-18-17-30(21-32(33)29-15-13-28(14-16-29)27-11-5-2-6-12-27)34(31-22-36-37-23-31)38-19-7-10-26(24-38)20-25-8-3-1-4-9-25/h2,5-6,11-18,21-23,25-26,34H,1,3-4,7-10,19-20,24H2,(H,36,37). The lowest BCUT2D eigenvalue weighted by molar-refractivity contribution is 0.121. The van der Waals surface area contributed by atoms with Gasteiger partial charge in [-0.25, -0.2) is 4.39 Å². The molecular formula is C34H38FN3. The van der Waals surface area contributed by atoms with Crippen LogP contribution in [-0.2, 0) is 0 Å². The van der Waals surface area contributed by atoms with E-state index in [-0.39, 0.29) is 11.9 Å². The minimum Gasteiger partial charge on any atom is -0.292 e. The number of rotatable bonds is 7. The number of benzene rings is 3. The fourth-order valence-electron chi connectivity index (χ4n) is 6.85. The van der Waals surface area contributed by atoms with E-state index in [0.717, 1.165) is 47.2 Å². The molecule has 6 rings (SSSR count). The Labute approximate surface area is 226 Å². The third-order valence-electron chi connectivity index (χ3n) is 8.75. The molecule has 3 nitrogen and oxygen atoms in total. The number of aromatic amines is 1. The third kappa shape index (κ3) is 5.61. The fraction of sp³-hybridized carbons (Fsp3) is 0.382. The summed E-state index contributed by atoms with van der Waals surface area (Å²) < 4.78 is 15.2. The van der Waals surface area contributed by atoms with Gasteiger partial charge in [0.2, 0.25) is 0 Å². The smallest absolute Gasteiger partial charge is 0.131 e. The van der Waals surface area contributed by atoms with Crippen LogP contribution in [0.5, 0.6) is 0 Å². The van der Waals surface area contributed by atoms with Crippen LogP contribution in [0.3, 0.4) is 0 Å². The number of halogens is 1. The molecule has 4 heteroatoms. The summed E-state index contributed by atoms with van der Waals surface area (Å²) in [7, 11) is 0. The number of likely N-dealkylation sites (tertiary alicyclic amines) is 1. The zero-order valence-corrected chi connectivity index (χ0v) is 22.2. The Kier molecular flexibility index (Phi) is 7.69. The first-order valence-corrected chi connectivity index (χ1v) is 14.4. The summed E-state index contributed by atoms with van der Waals surface area (Å²) >= 11 is 0. The second-order valence-electron chi connectivity index (χ2n) is 11.4. The van der Waals surface area contributed by atoms with Crippen molar-refractivity contribution < 1.29 is 4.39 Å². The predicted octanol–water partition coefficient (Wildman–Crippen LogP) is 8.65. The van der Waals surface area contributed by atoms with Gasteiger partial charge in [-0.3, -0.25) is 10.00 Å². The molecule has 0 radical (unpaired) electrons. The van der Waals surface area contributed by atoms with Gasteiger partial charge in [-0.1, -0.05) is 92.8 Å². The van der Waals surface area contributed by atoms with E-state index in [9.17, 15) is 0 Å². The van der Waals surface area contributed by atoms with E-state index in [1.54, 1.807) is 6.07 Å². The van der Waals surface area contributed by atoms with Gasteiger partial charge in [0.1, 0.15) is 5.82 Å². The zero-order valence-electron chi connectivity index (χ0n) is 22.2. The topological polar surface area (TPSA) is 31.9 Å². The molecule has 1 aromatic heterocycles. The Hall–Kier alpha value is -3.24. The average Bonchev–Trinajstić information content (AvgIpc) is 3.50. The molecule has 2 aliphatic rings. The fourth-order valence-corrected chi connectivity index (χ4v) is 6.85. The van der Waals surface area contributed by atoms with Crippen LogP contribution in [-0.4, -0.2) is 28.2 Å². The molecule has 0 spiro atoms. The number of hydrogen-bond donors (Lipinski definition) is 1. The first-order chi connectivity index (χ1) is 18.7. The van der Waals surface area contributed by atoms with E-state index < -0.39 is 0 Å². The number of H-pyrrole nitrogens is 1. The van der Waals surface area contributed by atoms with Gasteiger partial charge >= 0.3 is 0 Å². The van der Waals surface area contributed by atoms with E-state index in [2.05, 4.69) is 45.4 Å². The SMILES string of the molecule is Fc1ccc(C(c2cn[nH]c2)N2CCCC(CC3CCCCC3)C2)cc1-c1ccc(-c2ccccc2)cc1. The van der Waals surface area contributed by atoms with Crippen LogP contribution in [0.4, 0.5) is 4.39 Å². The van der Waals surface area contributed by atoms with Crippen molar-refractivity contribution in [1.29, 1.82) is 0 Å². The Morgan fingerprint density at radius 3 is 2.29 bits per heavy atom. The van der Waals surface area contributed by atoms with Crippen molar-refractivity contribution in [2.45, 2.75) is 57.4 Å². The molecule has 1 aliphatic heterocycles. The summed E-state index contributed by atoms with van der Waals surface area (Å²) in [4.78, 5) is 2.62. The molecule has 2 fully saturated rings. The van der Waals surface area contributed by atoms with E-state index in [1.165, 1.54) is 56.9 Å². The van der Waals surface area contributed by atoms with Gasteiger partial charge in [-0.05, 0) is 72.0 Å². The highest BCUT2D eigenvalue weighted by atomic mass is 19.1. The van der Waals surface area contributed by atoms with Crippen LogP contribution < -0.4 is 0 Å². The zero-order chi connectivity index (χ0) is 25.7. The normalized spacial score (nSPS) is 19.9. The summed E-state index contributed by atoms with van der Waals surface area (Å²) in [5.41, 5.74) is 6.16. The molecule has 1 saturated carbocycles. The summed E-state index contributed by atoms with van der Waals surface area (Å²) in [5, 5.41) is 7.31. The summed E-state index contributed by atoms with van der Waals surface area (Å²) in [6.07, 6.45) is 14.9. The maximum Gasteiger partial charge on any atom is 0.131 e. The molecule has 1 aliphatic carbocycles. The van der Waals surface area contributed by atoms with E-state index in [4.69, 9.17) is 0 Å². The number of nitrogens with one attached hydrogen (secondary N) is 1. The Morgan fingerprint density at radius 1 is 0.789 bits per heavy atom. The molecule has 38 heavy (non-hydrogen) atoms. The molecule has 0 bridgehead atoms. The highest BCUT2D eigenvalue weighted by Crippen LogP contribution is 2.38. The van der Waals surface area contributed by atoms with Gasteiger partial charge in [-0.2, -0.15) is 5.10 Å². The molecular weight excluding hydrogens is 469 g/mol. The number of hydrogen-bond acceptors (Lipinski definition) is 2. The van der Waals surface area contributed by atoms with Crippen molar-refractivity contribution >= 4 is 0 Å². The largest absolute Gasteiger partial charge is 0.292 e. The lowest BCUT2D eigenvalue weighted by Crippen LogP contribution is -2.39. The maximum atomic E-state index is 15.2. The van der Waals surface area contributed by atoms with E-state index in [0.29, 0.717) is 5.56 Å². The van der Waals surface area contributed by atoms with Crippen molar-refractivity contribution in [3.63, 3.8) is 0 Å². The molecule has 3 aromatic carbocycles. The number of aromatic nitrogens is 2. The first kappa shape index (κ1) is 25.1.